The van der Waals surface area contributed by atoms with Crippen LogP contribution >= 0.6 is 0 Å². The quantitative estimate of drug-likeness (QED) is 0.880. The molecule has 0 saturated heterocycles. The number of anilines is 1. The summed E-state index contributed by atoms with van der Waals surface area (Å²) in [5.41, 5.74) is -1.21. The molecule has 0 spiro atoms. The van der Waals surface area contributed by atoms with Crippen molar-refractivity contribution in [3.05, 3.63) is 23.8 Å². The van der Waals surface area contributed by atoms with Crippen molar-refractivity contribution in [2.45, 2.75) is 45.7 Å². The van der Waals surface area contributed by atoms with Gasteiger partial charge in [-0.25, -0.2) is 0 Å². The van der Waals surface area contributed by atoms with Crippen molar-refractivity contribution in [3.63, 3.8) is 0 Å². The minimum Gasteiger partial charge on any atom is -0.493 e. The summed E-state index contributed by atoms with van der Waals surface area (Å²) in [6.45, 7) is 3.62. The van der Waals surface area contributed by atoms with Gasteiger partial charge in [0.1, 0.15) is 5.75 Å². The molecule has 1 aromatic carbocycles. The molecule has 1 saturated carbocycles. The van der Waals surface area contributed by atoms with E-state index in [0.717, 1.165) is 31.7 Å². The molecule has 122 valence electrons. The second-order valence-corrected chi connectivity index (χ2v) is 5.86. The van der Waals surface area contributed by atoms with E-state index < -0.39 is 17.2 Å². The van der Waals surface area contributed by atoms with E-state index in [1.807, 2.05) is 6.92 Å². The normalized spacial score (nSPS) is 17.3. The number of ether oxygens (including phenoxy) is 1. The summed E-state index contributed by atoms with van der Waals surface area (Å²) in [5, 5.41) is 2.61. The van der Waals surface area contributed by atoms with Gasteiger partial charge in [-0.3, -0.25) is 4.79 Å². The Labute approximate surface area is 127 Å². The van der Waals surface area contributed by atoms with Crippen molar-refractivity contribution >= 4 is 11.6 Å². The van der Waals surface area contributed by atoms with Crippen LogP contribution in [0.15, 0.2) is 18.2 Å². The summed E-state index contributed by atoms with van der Waals surface area (Å²) < 4.78 is 44.2. The Hall–Kier alpha value is -1.72. The maximum Gasteiger partial charge on any atom is 0.420 e. The molecule has 1 aliphatic carbocycles. The van der Waals surface area contributed by atoms with E-state index in [-0.39, 0.29) is 24.0 Å². The highest BCUT2D eigenvalue weighted by molar-refractivity contribution is 5.95. The Kier molecular flexibility index (Phi) is 4.68. The molecular weight excluding hydrogens is 295 g/mol. The van der Waals surface area contributed by atoms with E-state index in [0.29, 0.717) is 0 Å². The van der Waals surface area contributed by atoms with E-state index in [1.165, 1.54) is 12.1 Å². The highest BCUT2D eigenvalue weighted by Gasteiger charge is 2.37. The Morgan fingerprint density at radius 2 is 1.95 bits per heavy atom. The van der Waals surface area contributed by atoms with Crippen LogP contribution in [0.2, 0.25) is 0 Å². The molecule has 0 heterocycles. The second-order valence-electron chi connectivity index (χ2n) is 5.86. The minimum absolute atomic E-state index is 0.146. The third kappa shape index (κ3) is 3.54. The van der Waals surface area contributed by atoms with Gasteiger partial charge in [0.05, 0.1) is 12.2 Å². The summed E-state index contributed by atoms with van der Waals surface area (Å²) in [6, 6.07) is 3.62. The van der Waals surface area contributed by atoms with Crippen LogP contribution in [0.3, 0.4) is 0 Å². The van der Waals surface area contributed by atoms with E-state index in [4.69, 9.17) is 4.74 Å². The van der Waals surface area contributed by atoms with Gasteiger partial charge in [0.2, 0.25) is 5.91 Å². The van der Waals surface area contributed by atoms with Crippen LogP contribution in [0.5, 0.6) is 5.75 Å². The first-order valence-corrected chi connectivity index (χ1v) is 7.42. The number of benzene rings is 1. The zero-order valence-electron chi connectivity index (χ0n) is 12.7. The molecule has 0 atom stereocenters. The van der Waals surface area contributed by atoms with Crippen LogP contribution in [0.4, 0.5) is 18.9 Å². The SMILES string of the molecule is CCOc1ccc(NC(=O)C2(C)CCCC2)cc1C(F)(F)F. The number of hydrogen-bond donors (Lipinski definition) is 1. The highest BCUT2D eigenvalue weighted by atomic mass is 19.4. The molecule has 1 aliphatic rings. The molecule has 3 nitrogen and oxygen atoms in total. The summed E-state index contributed by atoms with van der Waals surface area (Å²) in [5.74, 6) is -0.442. The fraction of sp³-hybridized carbons (Fsp3) is 0.562. The van der Waals surface area contributed by atoms with Crippen LogP contribution < -0.4 is 10.1 Å². The van der Waals surface area contributed by atoms with Crippen molar-refractivity contribution in [2.24, 2.45) is 5.41 Å². The lowest BCUT2D eigenvalue weighted by Gasteiger charge is -2.23. The van der Waals surface area contributed by atoms with Gasteiger partial charge in [-0.15, -0.1) is 0 Å². The predicted molar refractivity (Wildman–Crippen MR) is 77.8 cm³/mol. The lowest BCUT2D eigenvalue weighted by atomic mass is 9.88. The van der Waals surface area contributed by atoms with E-state index in [2.05, 4.69) is 5.32 Å². The zero-order chi connectivity index (χ0) is 16.4. The average Bonchev–Trinajstić information content (AvgIpc) is 2.88. The van der Waals surface area contributed by atoms with E-state index in [1.54, 1.807) is 6.92 Å². The predicted octanol–water partition coefficient (Wildman–Crippen LogP) is 4.62. The first-order valence-electron chi connectivity index (χ1n) is 7.42. The number of rotatable bonds is 4. The third-order valence-electron chi connectivity index (χ3n) is 4.10. The number of carbonyl (C=O) groups is 1. The van der Waals surface area contributed by atoms with Crippen molar-refractivity contribution in [2.75, 3.05) is 11.9 Å². The van der Waals surface area contributed by atoms with Gasteiger partial charge in [-0.1, -0.05) is 19.8 Å². The van der Waals surface area contributed by atoms with Crippen LogP contribution in [0.1, 0.15) is 45.1 Å². The Morgan fingerprint density at radius 3 is 2.50 bits per heavy atom. The maximum absolute atomic E-state index is 13.1. The Morgan fingerprint density at radius 1 is 1.32 bits per heavy atom. The van der Waals surface area contributed by atoms with Gasteiger partial charge >= 0.3 is 6.18 Å². The molecule has 0 aromatic heterocycles. The van der Waals surface area contributed by atoms with Gasteiger partial charge in [-0.2, -0.15) is 13.2 Å². The first-order chi connectivity index (χ1) is 10.3. The number of nitrogens with one attached hydrogen (secondary N) is 1. The van der Waals surface area contributed by atoms with Crippen LogP contribution in [-0.4, -0.2) is 12.5 Å². The number of carbonyl (C=O) groups excluding carboxylic acids is 1. The standard InChI is InChI=1S/C16H20F3NO2/c1-3-22-13-7-6-11(10-12(13)16(17,18)19)20-14(21)15(2)8-4-5-9-15/h6-7,10H,3-5,8-9H2,1-2H3,(H,20,21). The van der Waals surface area contributed by atoms with Crippen molar-refractivity contribution in [1.29, 1.82) is 0 Å². The summed E-state index contributed by atoms with van der Waals surface area (Å²) >= 11 is 0. The van der Waals surface area contributed by atoms with Crippen LogP contribution in [0, 0.1) is 5.41 Å². The zero-order valence-corrected chi connectivity index (χ0v) is 12.7. The molecule has 1 N–H and O–H groups in total. The molecule has 0 aliphatic heterocycles. The lowest BCUT2D eigenvalue weighted by Crippen LogP contribution is -2.30. The summed E-state index contributed by atoms with van der Waals surface area (Å²) in [7, 11) is 0. The lowest BCUT2D eigenvalue weighted by molar-refractivity contribution is -0.139. The van der Waals surface area contributed by atoms with Gasteiger partial charge in [-0.05, 0) is 38.0 Å². The molecule has 2 rings (SSSR count). The second kappa shape index (κ2) is 6.18. The van der Waals surface area contributed by atoms with Crippen LogP contribution in [-0.2, 0) is 11.0 Å². The summed E-state index contributed by atoms with van der Waals surface area (Å²) in [6.07, 6.45) is -1.05. The largest absolute Gasteiger partial charge is 0.493 e. The molecule has 6 heteroatoms. The number of amides is 1. The Balaban J connectivity index is 2.23. The molecule has 0 unspecified atom stereocenters. The van der Waals surface area contributed by atoms with E-state index >= 15 is 0 Å². The molecule has 1 amide bonds. The fourth-order valence-corrected chi connectivity index (χ4v) is 2.78. The van der Waals surface area contributed by atoms with Crippen molar-refractivity contribution in [1.82, 2.24) is 0 Å². The molecular formula is C16H20F3NO2. The topological polar surface area (TPSA) is 38.3 Å². The van der Waals surface area contributed by atoms with Gasteiger partial charge in [0.15, 0.2) is 0 Å². The van der Waals surface area contributed by atoms with Crippen LogP contribution in [0.25, 0.3) is 0 Å². The Bertz CT molecular complexity index is 549. The number of hydrogen-bond acceptors (Lipinski definition) is 2. The molecule has 1 fully saturated rings. The average molecular weight is 315 g/mol. The molecule has 22 heavy (non-hydrogen) atoms. The summed E-state index contributed by atoms with van der Waals surface area (Å²) in [4.78, 5) is 12.3. The third-order valence-corrected chi connectivity index (χ3v) is 4.10. The monoisotopic (exact) mass is 315 g/mol. The minimum atomic E-state index is -4.53. The van der Waals surface area contributed by atoms with Gasteiger partial charge in [0, 0.05) is 11.1 Å². The smallest absolute Gasteiger partial charge is 0.420 e. The van der Waals surface area contributed by atoms with Gasteiger partial charge < -0.3 is 10.1 Å². The maximum atomic E-state index is 13.1. The van der Waals surface area contributed by atoms with Crippen molar-refractivity contribution in [3.8, 4) is 5.75 Å². The fourth-order valence-electron chi connectivity index (χ4n) is 2.78. The first kappa shape index (κ1) is 16.6. The molecule has 0 bridgehead atoms. The molecule has 1 aromatic rings. The highest BCUT2D eigenvalue weighted by Crippen LogP contribution is 2.40. The van der Waals surface area contributed by atoms with Gasteiger partial charge in [0.25, 0.3) is 0 Å². The number of halogens is 3. The van der Waals surface area contributed by atoms with E-state index in [9.17, 15) is 18.0 Å². The van der Waals surface area contributed by atoms with Crippen molar-refractivity contribution < 1.29 is 22.7 Å². The number of alkyl halides is 3. The molecule has 0 radical (unpaired) electrons.